The summed E-state index contributed by atoms with van der Waals surface area (Å²) in [6.07, 6.45) is 1.89. The zero-order valence-electron chi connectivity index (χ0n) is 13.6. The first-order valence-electron chi connectivity index (χ1n) is 8.20. The molecule has 0 spiro atoms. The topological polar surface area (TPSA) is 41.0 Å². The lowest BCUT2D eigenvalue weighted by Gasteiger charge is -2.28. The van der Waals surface area contributed by atoms with Gasteiger partial charge in [-0.2, -0.15) is 0 Å². The minimum Gasteiger partial charge on any atom is -0.354 e. The molecule has 4 rings (SSSR count). The molecule has 5 heteroatoms. The molecule has 0 aliphatic carbocycles. The van der Waals surface area contributed by atoms with Gasteiger partial charge in [0.05, 0.1) is 16.2 Å². The molecule has 3 heterocycles. The van der Waals surface area contributed by atoms with Crippen molar-refractivity contribution < 1.29 is 0 Å². The van der Waals surface area contributed by atoms with Crippen LogP contribution >= 0.6 is 11.6 Å². The number of halogens is 1. The Morgan fingerprint density at radius 1 is 1.08 bits per heavy atom. The van der Waals surface area contributed by atoms with Gasteiger partial charge in [-0.3, -0.25) is 0 Å². The number of nitrogens with zero attached hydrogens (tertiary/aromatic N) is 3. The normalized spacial score (nSPS) is 15.0. The molecule has 122 valence electrons. The summed E-state index contributed by atoms with van der Waals surface area (Å²) in [5.74, 6) is 1.02. The minimum absolute atomic E-state index is 0.723. The Morgan fingerprint density at radius 2 is 1.92 bits per heavy atom. The zero-order valence-corrected chi connectivity index (χ0v) is 14.3. The smallest absolute Gasteiger partial charge is 0.128 e. The van der Waals surface area contributed by atoms with Crippen LogP contribution in [0.5, 0.6) is 0 Å². The highest BCUT2D eigenvalue weighted by molar-refractivity contribution is 6.35. The summed E-state index contributed by atoms with van der Waals surface area (Å²) in [6, 6.07) is 12.2. The highest BCUT2D eigenvalue weighted by atomic mass is 35.5. The van der Waals surface area contributed by atoms with E-state index in [4.69, 9.17) is 16.6 Å². The molecule has 0 unspecified atom stereocenters. The largest absolute Gasteiger partial charge is 0.354 e. The molecule has 3 aromatic rings. The number of hydrogen-bond donors (Lipinski definition) is 1. The van der Waals surface area contributed by atoms with E-state index in [1.54, 1.807) is 0 Å². The molecule has 24 heavy (non-hydrogen) atoms. The molecule has 1 N–H and O–H groups in total. The summed E-state index contributed by atoms with van der Waals surface area (Å²) in [4.78, 5) is 11.7. The summed E-state index contributed by atoms with van der Waals surface area (Å²) in [5.41, 5.74) is 3.94. The Hall–Kier alpha value is -2.17. The lowest BCUT2D eigenvalue weighted by Crippen LogP contribution is -2.43. The van der Waals surface area contributed by atoms with E-state index in [2.05, 4.69) is 46.4 Å². The molecule has 4 nitrogen and oxygen atoms in total. The molecule has 1 saturated heterocycles. The molecule has 1 fully saturated rings. The van der Waals surface area contributed by atoms with Gasteiger partial charge in [0, 0.05) is 43.3 Å². The lowest BCUT2D eigenvalue weighted by atomic mass is 10.1. The van der Waals surface area contributed by atoms with Gasteiger partial charge in [-0.15, -0.1) is 0 Å². The summed E-state index contributed by atoms with van der Waals surface area (Å²) < 4.78 is 0. The number of rotatable bonds is 2. The van der Waals surface area contributed by atoms with Crippen LogP contribution in [-0.4, -0.2) is 36.1 Å². The van der Waals surface area contributed by atoms with Crippen LogP contribution in [0.4, 0.5) is 5.82 Å². The third-order valence-corrected chi connectivity index (χ3v) is 4.71. The lowest BCUT2D eigenvalue weighted by molar-refractivity contribution is 0.585. The maximum Gasteiger partial charge on any atom is 0.128 e. The molecular weight excluding hydrogens is 320 g/mol. The van der Waals surface area contributed by atoms with E-state index in [0.29, 0.717) is 0 Å². The third-order valence-electron chi connectivity index (χ3n) is 4.40. The molecule has 0 radical (unpaired) electrons. The van der Waals surface area contributed by atoms with Crippen molar-refractivity contribution in [1.29, 1.82) is 0 Å². The molecule has 0 bridgehead atoms. The van der Waals surface area contributed by atoms with Gasteiger partial charge in [0.25, 0.3) is 0 Å². The van der Waals surface area contributed by atoms with Crippen LogP contribution in [0.25, 0.3) is 22.2 Å². The number of fused-ring (bicyclic) bond motifs is 1. The second-order valence-corrected chi connectivity index (χ2v) is 6.56. The van der Waals surface area contributed by atoms with Gasteiger partial charge in [0.1, 0.15) is 5.82 Å². The SMILES string of the molecule is Cc1ccc2c(Cl)cc(-c3ccc(N4CCNCC4)nc3)nc2c1. The Kier molecular flexibility index (Phi) is 4.08. The summed E-state index contributed by atoms with van der Waals surface area (Å²) >= 11 is 6.44. The van der Waals surface area contributed by atoms with Crippen molar-refractivity contribution in [3.63, 3.8) is 0 Å². The highest BCUT2D eigenvalue weighted by Gasteiger charge is 2.12. The van der Waals surface area contributed by atoms with Crippen LogP contribution < -0.4 is 10.2 Å². The van der Waals surface area contributed by atoms with Gasteiger partial charge >= 0.3 is 0 Å². The Morgan fingerprint density at radius 3 is 2.67 bits per heavy atom. The van der Waals surface area contributed by atoms with Crippen molar-refractivity contribution in [2.24, 2.45) is 0 Å². The van der Waals surface area contributed by atoms with Gasteiger partial charge in [0.2, 0.25) is 0 Å². The summed E-state index contributed by atoms with van der Waals surface area (Å²) in [5, 5.41) is 5.06. The quantitative estimate of drug-likeness (QED) is 0.774. The number of pyridine rings is 2. The molecular formula is C19H19ClN4. The van der Waals surface area contributed by atoms with Crippen LogP contribution in [0.3, 0.4) is 0 Å². The predicted octanol–water partition coefficient (Wildman–Crippen LogP) is 3.67. The number of aromatic nitrogens is 2. The van der Waals surface area contributed by atoms with E-state index in [1.807, 2.05) is 18.3 Å². The van der Waals surface area contributed by atoms with Crippen LogP contribution in [0.2, 0.25) is 5.02 Å². The van der Waals surface area contributed by atoms with Crippen LogP contribution in [-0.2, 0) is 0 Å². The second kappa shape index (κ2) is 6.38. The van der Waals surface area contributed by atoms with Crippen molar-refractivity contribution >= 4 is 28.3 Å². The third kappa shape index (κ3) is 2.95. The Bertz CT molecular complexity index is 870. The van der Waals surface area contributed by atoms with E-state index in [1.165, 1.54) is 5.56 Å². The molecule has 1 aromatic carbocycles. The van der Waals surface area contributed by atoms with E-state index >= 15 is 0 Å². The fourth-order valence-corrected chi connectivity index (χ4v) is 3.33. The van der Waals surface area contributed by atoms with Crippen molar-refractivity contribution in [3.05, 3.63) is 53.2 Å². The van der Waals surface area contributed by atoms with Crippen molar-refractivity contribution in [2.45, 2.75) is 6.92 Å². The average Bonchev–Trinajstić information content (AvgIpc) is 2.62. The average molecular weight is 339 g/mol. The molecule has 0 atom stereocenters. The van der Waals surface area contributed by atoms with E-state index in [-0.39, 0.29) is 0 Å². The highest BCUT2D eigenvalue weighted by Crippen LogP contribution is 2.29. The first kappa shape index (κ1) is 15.4. The second-order valence-electron chi connectivity index (χ2n) is 6.15. The number of aryl methyl sites for hydroxylation is 1. The van der Waals surface area contributed by atoms with Crippen molar-refractivity contribution in [3.8, 4) is 11.3 Å². The first-order valence-corrected chi connectivity index (χ1v) is 8.57. The molecule has 2 aromatic heterocycles. The fraction of sp³-hybridized carbons (Fsp3) is 0.263. The summed E-state index contributed by atoms with van der Waals surface area (Å²) in [6.45, 7) is 6.05. The molecule has 1 aliphatic rings. The molecule has 1 aliphatic heterocycles. The fourth-order valence-electron chi connectivity index (χ4n) is 3.06. The van der Waals surface area contributed by atoms with Crippen LogP contribution in [0.15, 0.2) is 42.6 Å². The number of piperazine rings is 1. The number of benzene rings is 1. The number of nitrogens with one attached hydrogen (secondary N) is 1. The van der Waals surface area contributed by atoms with E-state index in [0.717, 1.165) is 59.2 Å². The predicted molar refractivity (Wildman–Crippen MR) is 99.8 cm³/mol. The Labute approximate surface area is 146 Å². The van der Waals surface area contributed by atoms with Gasteiger partial charge in [-0.25, -0.2) is 9.97 Å². The van der Waals surface area contributed by atoms with E-state index < -0.39 is 0 Å². The Balaban J connectivity index is 1.69. The maximum atomic E-state index is 6.44. The molecule has 0 amide bonds. The van der Waals surface area contributed by atoms with Gasteiger partial charge < -0.3 is 10.2 Å². The van der Waals surface area contributed by atoms with Crippen LogP contribution in [0.1, 0.15) is 5.56 Å². The number of hydrogen-bond acceptors (Lipinski definition) is 4. The van der Waals surface area contributed by atoms with Gasteiger partial charge in [0.15, 0.2) is 0 Å². The van der Waals surface area contributed by atoms with E-state index in [9.17, 15) is 0 Å². The van der Waals surface area contributed by atoms with Gasteiger partial charge in [-0.1, -0.05) is 23.7 Å². The molecule has 0 saturated carbocycles. The van der Waals surface area contributed by atoms with Gasteiger partial charge in [-0.05, 0) is 36.8 Å². The van der Waals surface area contributed by atoms with Crippen molar-refractivity contribution in [2.75, 3.05) is 31.1 Å². The monoisotopic (exact) mass is 338 g/mol. The first-order chi connectivity index (χ1) is 11.7. The van der Waals surface area contributed by atoms with Crippen molar-refractivity contribution in [1.82, 2.24) is 15.3 Å². The van der Waals surface area contributed by atoms with Crippen LogP contribution in [0, 0.1) is 6.92 Å². The standard InChI is InChI=1S/C19H19ClN4/c1-13-2-4-15-16(20)11-17(23-18(15)10-13)14-3-5-19(22-12-14)24-8-6-21-7-9-24/h2-5,10-12,21H,6-9H2,1H3. The maximum absolute atomic E-state index is 6.44. The summed E-state index contributed by atoms with van der Waals surface area (Å²) in [7, 11) is 0. The zero-order chi connectivity index (χ0) is 16.5. The minimum atomic E-state index is 0.723. The number of anilines is 1.